The highest BCUT2D eigenvalue weighted by atomic mass is 15.5. The lowest BCUT2D eigenvalue weighted by Gasteiger charge is -2.09. The number of hydrogen-bond acceptors (Lipinski definition) is 3. The normalized spacial score (nSPS) is 16.1. The second kappa shape index (κ2) is 3.08. The number of hydrogen-bond donors (Lipinski definition) is 0. The minimum atomic E-state index is 0.581. The van der Waals surface area contributed by atoms with Crippen LogP contribution in [0.5, 0.6) is 0 Å². The molecule has 0 fully saturated rings. The second-order valence-corrected chi connectivity index (χ2v) is 1.95. The van der Waals surface area contributed by atoms with E-state index in [1.165, 1.54) is 0 Å². The van der Waals surface area contributed by atoms with Gasteiger partial charge in [0.2, 0.25) is 0 Å². The van der Waals surface area contributed by atoms with Gasteiger partial charge in [-0.05, 0) is 0 Å². The average molecular weight is 123 g/mol. The Bertz CT molecular complexity index is 145. The van der Waals surface area contributed by atoms with Crippen LogP contribution in [0.25, 0.3) is 0 Å². The first-order valence-electron chi connectivity index (χ1n) is 3.08. The summed E-state index contributed by atoms with van der Waals surface area (Å²) in [5.74, 6) is 0. The van der Waals surface area contributed by atoms with Crippen molar-refractivity contribution in [2.24, 2.45) is 5.10 Å². The summed E-state index contributed by atoms with van der Waals surface area (Å²) in [6, 6.07) is 2.08. The van der Waals surface area contributed by atoms with Gasteiger partial charge in [0.1, 0.15) is 0 Å². The average Bonchev–Trinajstić information content (AvgIpc) is 2.34. The van der Waals surface area contributed by atoms with E-state index in [4.69, 9.17) is 5.26 Å². The van der Waals surface area contributed by atoms with Crippen molar-refractivity contribution in [3.63, 3.8) is 0 Å². The Balaban J connectivity index is 2.14. The zero-order valence-electron chi connectivity index (χ0n) is 5.25. The van der Waals surface area contributed by atoms with Crippen LogP contribution in [-0.4, -0.2) is 24.3 Å². The highest BCUT2D eigenvalue weighted by molar-refractivity contribution is 5.58. The zero-order valence-corrected chi connectivity index (χ0v) is 5.25. The first-order chi connectivity index (χ1) is 4.43. The summed E-state index contributed by atoms with van der Waals surface area (Å²) in [7, 11) is 0. The van der Waals surface area contributed by atoms with Crippen molar-refractivity contribution < 1.29 is 0 Å². The molecule has 48 valence electrons. The maximum absolute atomic E-state index is 8.20. The smallest absolute Gasteiger partial charge is 0.0641 e. The van der Waals surface area contributed by atoms with Crippen molar-refractivity contribution in [2.75, 3.05) is 13.1 Å². The Morgan fingerprint density at radius 2 is 2.67 bits per heavy atom. The van der Waals surface area contributed by atoms with Gasteiger partial charge >= 0.3 is 0 Å². The fraction of sp³-hybridized carbons (Fsp3) is 0.667. The zero-order chi connectivity index (χ0) is 6.53. The van der Waals surface area contributed by atoms with Crippen molar-refractivity contribution in [1.29, 1.82) is 5.26 Å². The Hall–Kier alpha value is -1.04. The van der Waals surface area contributed by atoms with Gasteiger partial charge in [-0.1, -0.05) is 0 Å². The fourth-order valence-electron chi connectivity index (χ4n) is 0.786. The Kier molecular flexibility index (Phi) is 2.08. The molecule has 0 aromatic carbocycles. The number of nitriles is 1. The first-order valence-corrected chi connectivity index (χ1v) is 3.08. The molecule has 1 rings (SSSR count). The molecule has 0 N–H and O–H groups in total. The van der Waals surface area contributed by atoms with Crippen molar-refractivity contribution in [3.05, 3.63) is 0 Å². The van der Waals surface area contributed by atoms with Crippen LogP contribution in [0.1, 0.15) is 12.8 Å². The molecule has 0 unspecified atom stereocenters. The molecule has 1 aliphatic rings. The molecule has 0 bridgehead atoms. The summed E-state index contributed by atoms with van der Waals surface area (Å²) in [4.78, 5) is 0. The molecule has 0 radical (unpaired) electrons. The van der Waals surface area contributed by atoms with E-state index in [1.54, 1.807) is 0 Å². The lowest BCUT2D eigenvalue weighted by molar-refractivity contribution is 0.326. The highest BCUT2D eigenvalue weighted by Crippen LogP contribution is 1.98. The minimum absolute atomic E-state index is 0.581. The molecule has 0 saturated heterocycles. The number of rotatable bonds is 2. The van der Waals surface area contributed by atoms with Crippen LogP contribution < -0.4 is 0 Å². The van der Waals surface area contributed by atoms with E-state index < -0.39 is 0 Å². The van der Waals surface area contributed by atoms with Gasteiger partial charge in [0.15, 0.2) is 0 Å². The van der Waals surface area contributed by atoms with Crippen LogP contribution in [0, 0.1) is 11.3 Å². The van der Waals surface area contributed by atoms with Gasteiger partial charge in [-0.25, -0.2) is 0 Å². The molecule has 1 aliphatic heterocycles. The quantitative estimate of drug-likeness (QED) is 0.539. The van der Waals surface area contributed by atoms with Crippen molar-refractivity contribution in [1.82, 2.24) is 5.01 Å². The molecule has 1 heterocycles. The summed E-state index contributed by atoms with van der Waals surface area (Å²) >= 11 is 0. The predicted molar refractivity (Wildman–Crippen MR) is 34.9 cm³/mol. The van der Waals surface area contributed by atoms with Crippen LogP contribution >= 0.6 is 0 Å². The van der Waals surface area contributed by atoms with Crippen LogP contribution in [0.3, 0.4) is 0 Å². The monoisotopic (exact) mass is 123 g/mol. The third kappa shape index (κ3) is 1.73. The summed E-state index contributed by atoms with van der Waals surface area (Å²) in [5.41, 5.74) is 0. The SMILES string of the molecule is N#CCCN1CCC=N1. The molecule has 0 aromatic rings. The fourth-order valence-corrected chi connectivity index (χ4v) is 0.786. The molecule has 3 nitrogen and oxygen atoms in total. The standard InChI is InChI=1S/C6H9N3/c7-3-1-5-9-6-2-4-8-9/h4H,1-2,5-6H2. The lowest BCUT2D eigenvalue weighted by atomic mass is 10.4. The van der Waals surface area contributed by atoms with Crippen LogP contribution in [0.2, 0.25) is 0 Å². The third-order valence-corrected chi connectivity index (χ3v) is 1.24. The summed E-state index contributed by atoms with van der Waals surface area (Å²) in [6.07, 6.45) is 3.50. The lowest BCUT2D eigenvalue weighted by Crippen LogP contribution is -2.14. The summed E-state index contributed by atoms with van der Waals surface area (Å²) < 4.78 is 0. The Morgan fingerprint density at radius 1 is 1.78 bits per heavy atom. The minimum Gasteiger partial charge on any atom is -0.296 e. The van der Waals surface area contributed by atoms with E-state index in [1.807, 2.05) is 11.2 Å². The van der Waals surface area contributed by atoms with E-state index >= 15 is 0 Å². The van der Waals surface area contributed by atoms with Crippen molar-refractivity contribution in [2.45, 2.75) is 12.8 Å². The van der Waals surface area contributed by atoms with Gasteiger partial charge in [-0.2, -0.15) is 10.4 Å². The first kappa shape index (κ1) is 6.09. The molecule has 9 heavy (non-hydrogen) atoms. The van der Waals surface area contributed by atoms with Gasteiger partial charge < -0.3 is 0 Å². The molecule has 0 saturated carbocycles. The molecule has 0 amide bonds. The largest absolute Gasteiger partial charge is 0.296 e. The van der Waals surface area contributed by atoms with Gasteiger partial charge in [0.25, 0.3) is 0 Å². The van der Waals surface area contributed by atoms with Gasteiger partial charge in [0, 0.05) is 25.7 Å². The Morgan fingerprint density at radius 3 is 3.22 bits per heavy atom. The van der Waals surface area contributed by atoms with E-state index in [2.05, 4.69) is 11.2 Å². The van der Waals surface area contributed by atoms with Gasteiger partial charge in [0.05, 0.1) is 12.5 Å². The molecular formula is C6H9N3. The highest BCUT2D eigenvalue weighted by Gasteiger charge is 2.02. The van der Waals surface area contributed by atoms with Crippen LogP contribution in [-0.2, 0) is 0 Å². The molecular weight excluding hydrogens is 114 g/mol. The van der Waals surface area contributed by atoms with Gasteiger partial charge in [-0.3, -0.25) is 5.01 Å². The van der Waals surface area contributed by atoms with Crippen molar-refractivity contribution in [3.8, 4) is 6.07 Å². The number of hydrazone groups is 1. The molecule has 0 spiro atoms. The maximum atomic E-state index is 8.20. The van der Waals surface area contributed by atoms with Crippen molar-refractivity contribution >= 4 is 6.21 Å². The number of nitrogens with zero attached hydrogens (tertiary/aromatic N) is 3. The Labute approximate surface area is 54.6 Å². The molecule has 0 aromatic heterocycles. The second-order valence-electron chi connectivity index (χ2n) is 1.95. The molecule has 3 heteroatoms. The summed E-state index contributed by atoms with van der Waals surface area (Å²) in [6.45, 7) is 1.77. The molecule has 0 atom stereocenters. The van der Waals surface area contributed by atoms with E-state index in [0.29, 0.717) is 6.42 Å². The maximum Gasteiger partial charge on any atom is 0.0641 e. The van der Waals surface area contributed by atoms with Crippen LogP contribution in [0.15, 0.2) is 5.10 Å². The predicted octanol–water partition coefficient (Wildman–Crippen LogP) is 0.592. The third-order valence-electron chi connectivity index (χ3n) is 1.24. The van der Waals surface area contributed by atoms with E-state index in [-0.39, 0.29) is 0 Å². The summed E-state index contributed by atoms with van der Waals surface area (Å²) in [5, 5.41) is 14.1. The van der Waals surface area contributed by atoms with Crippen LogP contribution in [0.4, 0.5) is 0 Å². The van der Waals surface area contributed by atoms with E-state index in [9.17, 15) is 0 Å². The molecule has 0 aliphatic carbocycles. The topological polar surface area (TPSA) is 39.4 Å². The van der Waals surface area contributed by atoms with Gasteiger partial charge in [-0.15, -0.1) is 0 Å². The van der Waals surface area contributed by atoms with E-state index in [0.717, 1.165) is 19.5 Å².